The number of hydrogen-bond donors (Lipinski definition) is 3. The summed E-state index contributed by atoms with van der Waals surface area (Å²) < 4.78 is 39.8. The van der Waals surface area contributed by atoms with Crippen molar-refractivity contribution in [3.8, 4) is 0 Å². The number of hydrogen-bond acceptors (Lipinski definition) is 11. The molecule has 0 amide bonds. The van der Waals surface area contributed by atoms with Gasteiger partial charge in [-0.05, 0) is 95.6 Å². The number of ether oxygens (including phenoxy) is 6. The number of aliphatic carboxylic acids is 1. The minimum absolute atomic E-state index is 0.0147. The third-order valence-electron chi connectivity index (χ3n) is 14.7. The number of carboxylic acid groups (broad SMARTS) is 1. The van der Waals surface area contributed by atoms with E-state index in [0.29, 0.717) is 57.8 Å². The molecule has 12 nitrogen and oxygen atoms in total. The van der Waals surface area contributed by atoms with Gasteiger partial charge >= 0.3 is 11.9 Å². The molecule has 5 heterocycles. The Kier molecular flexibility index (Phi) is 14.0. The van der Waals surface area contributed by atoms with E-state index in [4.69, 9.17) is 28.4 Å². The highest BCUT2D eigenvalue weighted by molar-refractivity contribution is 5.84. The largest absolute Gasteiger partial charge is 0.481 e. The summed E-state index contributed by atoms with van der Waals surface area (Å²) in [6, 6.07) is 0. The van der Waals surface area contributed by atoms with Gasteiger partial charge in [0.2, 0.25) is 5.79 Å². The zero-order valence-electron chi connectivity index (χ0n) is 35.8. The van der Waals surface area contributed by atoms with Crippen LogP contribution in [0.4, 0.5) is 0 Å². The molecule has 0 saturated carbocycles. The zero-order chi connectivity index (χ0) is 41.5. The second kappa shape index (κ2) is 17.3. The van der Waals surface area contributed by atoms with Gasteiger partial charge in [0.15, 0.2) is 11.9 Å². The number of Topliss-reactive ketones (excluding diaryl/α,β-unsaturated/α-hetero) is 1. The summed E-state index contributed by atoms with van der Waals surface area (Å²) >= 11 is 0. The fourth-order valence-electron chi connectivity index (χ4n) is 10.8. The van der Waals surface area contributed by atoms with Crippen LogP contribution in [0, 0.1) is 41.4 Å². The first-order chi connectivity index (χ1) is 26.2. The molecule has 0 aromatic rings. The summed E-state index contributed by atoms with van der Waals surface area (Å²) in [6.07, 6.45) is 5.50. The van der Waals surface area contributed by atoms with Crippen LogP contribution in [0.3, 0.4) is 0 Å². The molecule has 12 heteroatoms. The van der Waals surface area contributed by atoms with E-state index in [9.17, 15) is 29.7 Å². The van der Waals surface area contributed by atoms with Crippen molar-refractivity contribution in [3.63, 3.8) is 0 Å². The summed E-state index contributed by atoms with van der Waals surface area (Å²) in [7, 11) is 0. The van der Waals surface area contributed by atoms with Gasteiger partial charge in [-0.15, -0.1) is 0 Å². The van der Waals surface area contributed by atoms with Gasteiger partial charge in [-0.25, -0.2) is 0 Å². The lowest BCUT2D eigenvalue weighted by Gasteiger charge is -2.54. The maximum atomic E-state index is 14.5. The smallest absolute Gasteiger partial charge is 0.309 e. The van der Waals surface area contributed by atoms with Gasteiger partial charge in [-0.2, -0.15) is 0 Å². The van der Waals surface area contributed by atoms with E-state index in [2.05, 4.69) is 20.8 Å². The van der Waals surface area contributed by atoms with E-state index in [0.717, 1.165) is 6.42 Å². The van der Waals surface area contributed by atoms with Gasteiger partial charge in [0.05, 0.1) is 53.7 Å². The summed E-state index contributed by atoms with van der Waals surface area (Å²) in [4.78, 5) is 38.9. The minimum atomic E-state index is -1.38. The van der Waals surface area contributed by atoms with Gasteiger partial charge in [-0.1, -0.05) is 55.4 Å². The Balaban J connectivity index is 1.36. The van der Waals surface area contributed by atoms with Crippen molar-refractivity contribution < 1.29 is 58.1 Å². The van der Waals surface area contributed by atoms with Crippen LogP contribution in [-0.4, -0.2) is 98.5 Å². The van der Waals surface area contributed by atoms with Crippen molar-refractivity contribution >= 4 is 17.7 Å². The Morgan fingerprint density at radius 3 is 2.16 bits per heavy atom. The number of aliphatic hydroxyl groups excluding tert-OH is 1. The van der Waals surface area contributed by atoms with E-state index in [-0.39, 0.29) is 41.8 Å². The molecule has 4 saturated heterocycles. The molecule has 0 unspecified atom stereocenters. The lowest BCUT2D eigenvalue weighted by molar-refractivity contribution is -0.409. The van der Waals surface area contributed by atoms with E-state index < -0.39 is 82.8 Å². The Bertz CT molecular complexity index is 1440. The van der Waals surface area contributed by atoms with Crippen LogP contribution in [0.5, 0.6) is 0 Å². The molecule has 4 fully saturated rings. The molecule has 5 rings (SSSR count). The highest BCUT2D eigenvalue weighted by atomic mass is 16.8. The van der Waals surface area contributed by atoms with Crippen LogP contribution in [0.15, 0.2) is 12.2 Å². The summed E-state index contributed by atoms with van der Waals surface area (Å²) in [5.74, 6) is -6.48. The number of carbonyl (C=O) groups is 3. The molecule has 0 aromatic carbocycles. The molecule has 2 spiro atoms. The first kappa shape index (κ1) is 45.2. The average Bonchev–Trinajstić information content (AvgIpc) is 3.49. The highest BCUT2D eigenvalue weighted by Gasteiger charge is 2.64. The third-order valence-corrected chi connectivity index (χ3v) is 14.7. The monoisotopic (exact) mass is 793 g/mol. The maximum Gasteiger partial charge on any atom is 0.309 e. The Labute approximate surface area is 334 Å². The standard InChI is InChI=1S/C44H72O12/c1-12-31(40(48)49)33-16-15-24(4)38(53-33)28(8)36(46)27(7)37(47)32(13-2)39-25(5)23-26(6)43(54-39)20-18-35(52-30(10)45)44(56-43)22-21-41(11,55-44)34-17-19-42(50,14-3)29(9)51-34/h18,20,24-29,31-36,38-39,46,50H,12-17,19,21-23H2,1-11H3,(H,48,49)/t24-,25-,26+,27-,28-,29-,31+,32-,33+,34+,35-,36+,38+,39-,41-,42+,43-,44-/m0/s1. The van der Waals surface area contributed by atoms with Crippen LogP contribution in [-0.2, 0) is 42.8 Å². The lowest BCUT2D eigenvalue weighted by Crippen LogP contribution is -2.63. The van der Waals surface area contributed by atoms with E-state index in [1.54, 1.807) is 6.92 Å². The predicted octanol–water partition coefficient (Wildman–Crippen LogP) is 6.76. The third kappa shape index (κ3) is 8.54. The van der Waals surface area contributed by atoms with Gasteiger partial charge in [0, 0.05) is 37.0 Å². The van der Waals surface area contributed by atoms with Crippen molar-refractivity contribution in [2.75, 3.05) is 0 Å². The van der Waals surface area contributed by atoms with Crippen molar-refractivity contribution in [3.05, 3.63) is 12.2 Å². The quantitative estimate of drug-likeness (QED) is 0.133. The first-order valence-corrected chi connectivity index (χ1v) is 21.6. The molecule has 3 N–H and O–H groups in total. The Morgan fingerprint density at radius 2 is 1.57 bits per heavy atom. The van der Waals surface area contributed by atoms with Crippen LogP contribution >= 0.6 is 0 Å². The molecule has 0 aliphatic carbocycles. The van der Waals surface area contributed by atoms with Crippen LogP contribution < -0.4 is 0 Å². The van der Waals surface area contributed by atoms with E-state index >= 15 is 0 Å². The molecule has 5 aliphatic rings. The van der Waals surface area contributed by atoms with Gasteiger partial charge in [-0.3, -0.25) is 14.4 Å². The lowest BCUT2D eigenvalue weighted by atomic mass is 9.72. The molecular formula is C44H72O12. The van der Waals surface area contributed by atoms with E-state index in [1.165, 1.54) is 6.92 Å². The molecule has 56 heavy (non-hydrogen) atoms. The molecule has 320 valence electrons. The number of rotatable bonds is 13. The number of aliphatic hydroxyl groups is 2. The van der Waals surface area contributed by atoms with Crippen molar-refractivity contribution in [1.29, 1.82) is 0 Å². The Hall–Kier alpha value is -1.93. The van der Waals surface area contributed by atoms with Crippen molar-refractivity contribution in [1.82, 2.24) is 0 Å². The fourth-order valence-corrected chi connectivity index (χ4v) is 10.8. The minimum Gasteiger partial charge on any atom is -0.481 e. The van der Waals surface area contributed by atoms with E-state index in [1.807, 2.05) is 53.7 Å². The number of esters is 1. The fraction of sp³-hybridized carbons (Fsp3) is 0.886. The molecule has 0 radical (unpaired) electrons. The second-order valence-corrected chi connectivity index (χ2v) is 18.5. The SMILES string of the molecule is CC[C@@H](C(=O)[C@@H](C)[C@@H](O)[C@H](C)[C@@H]1O[C@@H]([C@@H](CC)C(=O)O)CC[C@@H]1C)[C@H]1O[C@]2(C=C[C@H](OC(C)=O)[C@]3(CC[C@@](C)([C@H]4CC[C@](O)(CC)[C@H](C)O4)O3)O2)[C@H](C)C[C@@H]1C. The summed E-state index contributed by atoms with van der Waals surface area (Å²) in [6.45, 7) is 20.9. The van der Waals surface area contributed by atoms with Crippen LogP contribution in [0.2, 0.25) is 0 Å². The summed E-state index contributed by atoms with van der Waals surface area (Å²) in [5.41, 5.74) is -1.70. The number of carboxylic acids is 1. The van der Waals surface area contributed by atoms with Crippen LogP contribution in [0.1, 0.15) is 140 Å². The van der Waals surface area contributed by atoms with Crippen molar-refractivity contribution in [2.24, 2.45) is 41.4 Å². The van der Waals surface area contributed by atoms with Gasteiger partial charge in [0.25, 0.3) is 0 Å². The maximum absolute atomic E-state index is 14.5. The molecule has 18 atom stereocenters. The normalized spacial score (nSPS) is 44.2. The first-order valence-electron chi connectivity index (χ1n) is 21.6. The topological polar surface area (TPSA) is 167 Å². The molecule has 0 bridgehead atoms. The highest BCUT2D eigenvalue weighted by Crippen LogP contribution is 2.54. The number of ketones is 1. The molecule has 5 aliphatic heterocycles. The predicted molar refractivity (Wildman–Crippen MR) is 208 cm³/mol. The second-order valence-electron chi connectivity index (χ2n) is 18.5. The molecule has 0 aromatic heterocycles. The van der Waals surface area contributed by atoms with Crippen LogP contribution in [0.25, 0.3) is 0 Å². The molecular weight excluding hydrogens is 720 g/mol. The van der Waals surface area contributed by atoms with Crippen molar-refractivity contribution in [2.45, 2.75) is 206 Å². The zero-order valence-corrected chi connectivity index (χ0v) is 35.8. The Morgan fingerprint density at radius 1 is 0.893 bits per heavy atom. The van der Waals surface area contributed by atoms with Gasteiger partial charge in [0.1, 0.15) is 5.78 Å². The average molecular weight is 793 g/mol. The summed E-state index contributed by atoms with van der Waals surface area (Å²) in [5, 5.41) is 32.7. The van der Waals surface area contributed by atoms with Gasteiger partial charge < -0.3 is 43.7 Å². The number of carbonyl (C=O) groups excluding carboxylic acids is 2.